The van der Waals surface area contributed by atoms with Gasteiger partial charge < -0.3 is 18.9 Å². The van der Waals surface area contributed by atoms with Crippen LogP contribution in [0.1, 0.15) is 20.8 Å². The molecular weight excluding hydrogens is 478 g/mol. The van der Waals surface area contributed by atoms with Crippen LogP contribution in [0.4, 0.5) is 0 Å². The molecule has 13 heteroatoms. The molecular formula is C23H43N3O10. The van der Waals surface area contributed by atoms with Gasteiger partial charge in [0.15, 0.2) is 0 Å². The lowest BCUT2D eigenvalue weighted by Gasteiger charge is -2.42. The fraction of sp³-hybridized carbons (Fsp3) is 0.826. The van der Waals surface area contributed by atoms with E-state index in [0.717, 1.165) is 0 Å². The average Bonchev–Trinajstić information content (AvgIpc) is 2.83. The van der Waals surface area contributed by atoms with Crippen molar-refractivity contribution in [2.24, 2.45) is 5.41 Å². The molecule has 0 N–H and O–H groups in total. The molecule has 0 fully saturated rings. The lowest BCUT2D eigenvalue weighted by atomic mass is 9.85. The summed E-state index contributed by atoms with van der Waals surface area (Å²) in [4.78, 5) is 63.1. The highest BCUT2D eigenvalue weighted by Crippen LogP contribution is 2.25. The first-order valence-corrected chi connectivity index (χ1v) is 11.5. The number of methoxy groups -OCH3 is 4. The van der Waals surface area contributed by atoms with E-state index >= 15 is 0 Å². The van der Waals surface area contributed by atoms with Crippen molar-refractivity contribution in [2.75, 3.05) is 94.5 Å². The van der Waals surface area contributed by atoms with Crippen LogP contribution in [0.5, 0.6) is 0 Å². The van der Waals surface area contributed by atoms with Gasteiger partial charge in [-0.1, -0.05) is 20.8 Å². The number of rotatable bonds is 18. The predicted octanol–water partition coefficient (Wildman–Crippen LogP) is -0.423. The first-order chi connectivity index (χ1) is 16.9. The number of carbonyl (C=O) groups excluding carboxylic acids is 4. The Balaban J connectivity index is 5.84. The van der Waals surface area contributed by atoms with E-state index in [1.165, 1.54) is 35.5 Å². The second kappa shape index (κ2) is 18.0. The molecule has 0 aliphatic rings. The molecule has 0 aromatic carbocycles. The third-order valence-electron chi connectivity index (χ3n) is 5.48. The summed E-state index contributed by atoms with van der Waals surface area (Å²) in [5.41, 5.74) is -0.326. The van der Waals surface area contributed by atoms with Gasteiger partial charge in [0.2, 0.25) is 0 Å². The molecule has 0 aliphatic carbocycles. The summed E-state index contributed by atoms with van der Waals surface area (Å²) in [6.07, 6.45) is 0. The third-order valence-corrected chi connectivity index (χ3v) is 5.48. The molecule has 0 saturated heterocycles. The Morgan fingerprint density at radius 1 is 0.639 bits per heavy atom. The normalized spacial score (nSPS) is 12.5. The van der Waals surface area contributed by atoms with Gasteiger partial charge in [-0.25, -0.2) is 9.78 Å². The van der Waals surface area contributed by atoms with Gasteiger partial charge in [-0.05, 0) is 5.41 Å². The van der Waals surface area contributed by atoms with E-state index in [1.807, 2.05) is 30.6 Å². The van der Waals surface area contributed by atoms with Crippen molar-refractivity contribution in [3.8, 4) is 0 Å². The summed E-state index contributed by atoms with van der Waals surface area (Å²) in [5, 5.41) is 0. The van der Waals surface area contributed by atoms with Crippen molar-refractivity contribution >= 4 is 23.9 Å². The molecule has 0 bridgehead atoms. The standard InChI is InChI=1S/C23H43N3O10/c1-23(2,3)18(26(11-12-36-35-8)17-22(30)34-7)13-24(14-19(27)31-4)9-10-25(15-20(28)32-5)16-21(29)33-6/h18H,9-17H2,1-8H3. The second-order valence-corrected chi connectivity index (χ2v) is 9.09. The number of hydrogen-bond acceptors (Lipinski definition) is 13. The Kier molecular flexibility index (Phi) is 16.8. The number of nitrogens with zero attached hydrogens (tertiary/aromatic N) is 3. The lowest BCUT2D eigenvalue weighted by Crippen LogP contribution is -2.55. The quantitative estimate of drug-likeness (QED) is 0.0760. The number of hydrogen-bond donors (Lipinski definition) is 0. The fourth-order valence-corrected chi connectivity index (χ4v) is 3.47. The number of esters is 4. The maximum atomic E-state index is 12.2. The van der Waals surface area contributed by atoms with Crippen LogP contribution >= 0.6 is 0 Å². The summed E-state index contributed by atoms with van der Waals surface area (Å²) in [5.74, 6) is -1.87. The number of carbonyl (C=O) groups is 4. The SMILES string of the molecule is COOCCN(CC(=O)OC)C(CN(CCN(CC(=O)OC)CC(=O)OC)CC(=O)OC)C(C)(C)C. The molecule has 36 heavy (non-hydrogen) atoms. The average molecular weight is 522 g/mol. The molecule has 13 nitrogen and oxygen atoms in total. The Bertz CT molecular complexity index is 666. The van der Waals surface area contributed by atoms with E-state index in [4.69, 9.17) is 23.8 Å². The zero-order valence-corrected chi connectivity index (χ0v) is 22.9. The van der Waals surface area contributed by atoms with E-state index in [2.05, 4.69) is 4.89 Å². The minimum Gasteiger partial charge on any atom is -0.468 e. The monoisotopic (exact) mass is 521 g/mol. The van der Waals surface area contributed by atoms with Gasteiger partial charge in [-0.15, -0.1) is 0 Å². The molecule has 0 spiro atoms. The maximum Gasteiger partial charge on any atom is 0.319 e. The highest BCUT2D eigenvalue weighted by atomic mass is 17.2. The smallest absolute Gasteiger partial charge is 0.319 e. The molecule has 0 aromatic heterocycles. The summed E-state index contributed by atoms with van der Waals surface area (Å²) >= 11 is 0. The fourth-order valence-electron chi connectivity index (χ4n) is 3.47. The van der Waals surface area contributed by atoms with Crippen molar-refractivity contribution in [1.29, 1.82) is 0 Å². The van der Waals surface area contributed by atoms with Gasteiger partial charge in [-0.3, -0.25) is 33.9 Å². The lowest BCUT2D eigenvalue weighted by molar-refractivity contribution is -0.274. The minimum atomic E-state index is -0.506. The number of ether oxygens (including phenoxy) is 4. The Hall–Kier alpha value is -2.32. The summed E-state index contributed by atoms with van der Waals surface area (Å²) in [7, 11) is 6.55. The minimum absolute atomic E-state index is 0.00831. The molecule has 1 unspecified atom stereocenters. The second-order valence-electron chi connectivity index (χ2n) is 9.09. The van der Waals surface area contributed by atoms with Gasteiger partial charge in [0.05, 0.1) is 68.3 Å². The van der Waals surface area contributed by atoms with Crippen LogP contribution in [0.25, 0.3) is 0 Å². The zero-order valence-electron chi connectivity index (χ0n) is 22.9. The van der Waals surface area contributed by atoms with Crippen molar-refractivity contribution in [2.45, 2.75) is 26.8 Å². The van der Waals surface area contributed by atoms with E-state index in [1.54, 1.807) is 4.90 Å². The Morgan fingerprint density at radius 3 is 1.47 bits per heavy atom. The highest BCUT2D eigenvalue weighted by molar-refractivity contribution is 5.75. The molecule has 0 rings (SSSR count). The molecule has 0 heterocycles. The maximum absolute atomic E-state index is 12.2. The van der Waals surface area contributed by atoms with Gasteiger partial charge in [-0.2, -0.15) is 0 Å². The van der Waals surface area contributed by atoms with Crippen LogP contribution in [-0.4, -0.2) is 139 Å². The predicted molar refractivity (Wildman–Crippen MR) is 129 cm³/mol. The Morgan fingerprint density at radius 2 is 1.06 bits per heavy atom. The van der Waals surface area contributed by atoms with E-state index in [9.17, 15) is 19.2 Å². The van der Waals surface area contributed by atoms with Crippen molar-refractivity contribution in [3.05, 3.63) is 0 Å². The van der Waals surface area contributed by atoms with Crippen molar-refractivity contribution in [1.82, 2.24) is 14.7 Å². The van der Waals surface area contributed by atoms with Crippen LogP contribution in [0.2, 0.25) is 0 Å². The van der Waals surface area contributed by atoms with E-state index < -0.39 is 23.9 Å². The molecule has 1 atom stereocenters. The van der Waals surface area contributed by atoms with Gasteiger partial charge in [0.25, 0.3) is 0 Å². The summed E-state index contributed by atoms with van der Waals surface area (Å²) in [6.45, 7) is 7.33. The van der Waals surface area contributed by atoms with Gasteiger partial charge >= 0.3 is 23.9 Å². The molecule has 0 aliphatic heterocycles. The Labute approximate surface area is 213 Å². The summed E-state index contributed by atoms with van der Waals surface area (Å²) in [6, 6.07) is -0.226. The van der Waals surface area contributed by atoms with Crippen LogP contribution in [0, 0.1) is 5.41 Å². The molecule has 0 amide bonds. The molecule has 0 aromatic rings. The third kappa shape index (κ3) is 14.3. The van der Waals surface area contributed by atoms with Gasteiger partial charge in [0, 0.05) is 32.2 Å². The topological polar surface area (TPSA) is 133 Å². The summed E-state index contributed by atoms with van der Waals surface area (Å²) < 4.78 is 19.2. The molecule has 210 valence electrons. The van der Waals surface area contributed by atoms with E-state index in [-0.39, 0.29) is 50.8 Å². The van der Waals surface area contributed by atoms with Crippen LogP contribution in [0.15, 0.2) is 0 Å². The molecule has 0 radical (unpaired) electrons. The van der Waals surface area contributed by atoms with Crippen molar-refractivity contribution in [3.63, 3.8) is 0 Å². The van der Waals surface area contributed by atoms with E-state index in [0.29, 0.717) is 19.6 Å². The van der Waals surface area contributed by atoms with Gasteiger partial charge in [0.1, 0.15) is 0 Å². The van der Waals surface area contributed by atoms with Crippen LogP contribution in [0.3, 0.4) is 0 Å². The van der Waals surface area contributed by atoms with Crippen LogP contribution < -0.4 is 0 Å². The van der Waals surface area contributed by atoms with Crippen molar-refractivity contribution < 1.29 is 47.9 Å². The highest BCUT2D eigenvalue weighted by Gasteiger charge is 2.34. The zero-order chi connectivity index (χ0) is 27.7. The first-order valence-electron chi connectivity index (χ1n) is 11.5. The first kappa shape index (κ1) is 33.7. The molecule has 0 saturated carbocycles. The van der Waals surface area contributed by atoms with Crippen LogP contribution in [-0.2, 0) is 47.9 Å². The largest absolute Gasteiger partial charge is 0.468 e.